The number of ether oxygens (including phenoxy) is 2. The van der Waals surface area contributed by atoms with Gasteiger partial charge in [0, 0.05) is 24.8 Å². The van der Waals surface area contributed by atoms with E-state index >= 15 is 0 Å². The van der Waals surface area contributed by atoms with Crippen molar-refractivity contribution in [2.75, 3.05) is 0 Å². The molecule has 0 spiro atoms. The molecule has 9 heteroatoms. The van der Waals surface area contributed by atoms with Crippen LogP contribution >= 0.6 is 0 Å². The molecule has 464 valence electrons. The first kappa shape index (κ1) is 82.4. The molecule has 0 aromatic carbocycles. The first-order chi connectivity index (χ1) is 38.2. The third kappa shape index (κ3) is 73.2. The van der Waals surface area contributed by atoms with E-state index in [1.54, 1.807) is 0 Å². The molecule has 0 rings (SSSR count). The van der Waals surface area contributed by atoms with E-state index in [0.717, 1.165) is 116 Å². The molecule has 0 N–H and O–H groups in total. The Morgan fingerprint density at radius 1 is 0.241 bits per heavy atom. The van der Waals surface area contributed by atoms with Crippen molar-refractivity contribution in [3.05, 3.63) is 0 Å². The van der Waals surface area contributed by atoms with Crippen LogP contribution in [0.15, 0.2) is 0 Å². The number of unbranched alkanes of at least 4 members (excludes halogenated alkanes) is 46. The SMILES string of the molecule is CCCCCCCCCCCCCCCCC(=O)OC(CCCCCCCCC)CCCCCCCC(=O)[O-].CCCCCCCCCCCCCCCCC(=O)OC(CCCCCCCCC)CCCCCCCC(=O)[O-].[Ca+2]. The number of carbonyl (C=O) groups excluding carboxylic acids is 4. The third-order valence-corrected chi connectivity index (χ3v) is 16.1. The second-order valence-corrected chi connectivity index (χ2v) is 24.1. The summed E-state index contributed by atoms with van der Waals surface area (Å²) >= 11 is 0. The topological polar surface area (TPSA) is 133 Å². The van der Waals surface area contributed by atoms with Crippen LogP contribution in [0.3, 0.4) is 0 Å². The maximum Gasteiger partial charge on any atom is 2.00 e. The third-order valence-electron chi connectivity index (χ3n) is 16.1. The van der Waals surface area contributed by atoms with Gasteiger partial charge < -0.3 is 29.3 Å². The average Bonchev–Trinajstić information content (AvgIpc) is 3.42. The van der Waals surface area contributed by atoms with E-state index < -0.39 is 11.9 Å². The molecule has 0 heterocycles. The second-order valence-electron chi connectivity index (χ2n) is 24.1. The molecule has 0 aliphatic heterocycles. The minimum atomic E-state index is -0.949. The Labute approximate surface area is 522 Å². The van der Waals surface area contributed by atoms with Gasteiger partial charge in [-0.25, -0.2) is 0 Å². The van der Waals surface area contributed by atoms with E-state index in [9.17, 15) is 29.4 Å². The Morgan fingerprint density at radius 2 is 0.392 bits per heavy atom. The summed E-state index contributed by atoms with van der Waals surface area (Å²) in [5, 5.41) is 21.1. The van der Waals surface area contributed by atoms with Crippen LogP contribution in [0, 0.1) is 0 Å². The fourth-order valence-corrected chi connectivity index (χ4v) is 10.9. The largest absolute Gasteiger partial charge is 2.00 e. The molecular formula is C70H134CaO8. The molecule has 0 aromatic rings. The number of carbonyl (C=O) groups is 4. The van der Waals surface area contributed by atoms with E-state index in [1.807, 2.05) is 0 Å². The number of hydrogen-bond donors (Lipinski definition) is 0. The number of esters is 2. The number of hydrogen-bond acceptors (Lipinski definition) is 8. The first-order valence-electron chi connectivity index (χ1n) is 35.0. The minimum Gasteiger partial charge on any atom is -0.550 e. The maximum atomic E-state index is 12.5. The van der Waals surface area contributed by atoms with Gasteiger partial charge in [0.25, 0.3) is 0 Å². The second kappa shape index (κ2) is 71.4. The van der Waals surface area contributed by atoms with Gasteiger partial charge in [-0.1, -0.05) is 310 Å². The Hall–Kier alpha value is -0.860. The normalized spacial score (nSPS) is 11.9. The summed E-state index contributed by atoms with van der Waals surface area (Å²) in [5.74, 6) is -1.90. The monoisotopic (exact) mass is 1140 g/mol. The summed E-state index contributed by atoms with van der Waals surface area (Å²) in [6, 6.07) is 0. The van der Waals surface area contributed by atoms with Gasteiger partial charge in [-0.05, 0) is 89.9 Å². The van der Waals surface area contributed by atoms with Crippen LogP contribution in [-0.4, -0.2) is 73.8 Å². The number of carboxylic acids is 2. The van der Waals surface area contributed by atoms with Gasteiger partial charge in [0.1, 0.15) is 12.2 Å². The summed E-state index contributed by atoms with van der Waals surface area (Å²) in [4.78, 5) is 46.1. The molecule has 0 bridgehead atoms. The predicted octanol–water partition coefficient (Wildman–Crippen LogP) is 20.4. The standard InChI is InChI=1S/2C35H68O4.Ca/c2*1-3-5-7-9-11-12-13-14-15-16-17-19-24-28-32-35(38)39-33(29-25-21-18-10-8-6-4-2)30-26-22-20-23-27-31-34(36)37;/h2*33H,3-32H2,1-2H3,(H,36,37);/q;;+2/p-2. The summed E-state index contributed by atoms with van der Waals surface area (Å²) in [6.07, 6.45) is 70.1. The van der Waals surface area contributed by atoms with Crippen LogP contribution in [0.25, 0.3) is 0 Å². The zero-order valence-corrected chi connectivity index (χ0v) is 55.8. The Kier molecular flexibility index (Phi) is 74.4. The quantitative estimate of drug-likeness (QED) is 0.0334. The Balaban J connectivity index is -0.00000144. The molecule has 2 atom stereocenters. The van der Waals surface area contributed by atoms with Crippen molar-refractivity contribution < 1.29 is 38.9 Å². The van der Waals surface area contributed by atoms with Crippen LogP contribution in [0.5, 0.6) is 0 Å². The van der Waals surface area contributed by atoms with Gasteiger partial charge in [0.05, 0.1) is 0 Å². The van der Waals surface area contributed by atoms with Gasteiger partial charge in [-0.15, -0.1) is 0 Å². The van der Waals surface area contributed by atoms with E-state index in [4.69, 9.17) is 9.47 Å². The fourth-order valence-electron chi connectivity index (χ4n) is 10.9. The van der Waals surface area contributed by atoms with E-state index in [1.165, 1.54) is 231 Å². The van der Waals surface area contributed by atoms with Crippen LogP contribution < -0.4 is 10.2 Å². The molecule has 0 saturated carbocycles. The van der Waals surface area contributed by atoms with Gasteiger partial charge in [0.2, 0.25) is 0 Å². The van der Waals surface area contributed by atoms with Crippen molar-refractivity contribution in [3.8, 4) is 0 Å². The zero-order valence-electron chi connectivity index (χ0n) is 53.6. The van der Waals surface area contributed by atoms with Crippen LogP contribution in [0.4, 0.5) is 0 Å². The van der Waals surface area contributed by atoms with Gasteiger partial charge in [0.15, 0.2) is 0 Å². The minimum absolute atomic E-state index is 0. The predicted molar refractivity (Wildman–Crippen MR) is 335 cm³/mol. The molecule has 2 unspecified atom stereocenters. The average molecular weight is 1140 g/mol. The van der Waals surface area contributed by atoms with E-state index in [-0.39, 0.29) is 74.7 Å². The van der Waals surface area contributed by atoms with Crippen molar-refractivity contribution in [2.45, 2.75) is 425 Å². The van der Waals surface area contributed by atoms with Gasteiger partial charge in [-0.3, -0.25) is 9.59 Å². The number of rotatable bonds is 64. The Morgan fingerprint density at radius 3 is 0.570 bits per heavy atom. The first-order valence-corrected chi connectivity index (χ1v) is 35.0. The van der Waals surface area contributed by atoms with Gasteiger partial charge >= 0.3 is 49.7 Å². The molecule has 0 amide bonds. The zero-order chi connectivity index (χ0) is 57.3. The van der Waals surface area contributed by atoms with Crippen LogP contribution in [-0.2, 0) is 28.7 Å². The number of aliphatic carboxylic acids is 2. The van der Waals surface area contributed by atoms with E-state index in [0.29, 0.717) is 25.7 Å². The van der Waals surface area contributed by atoms with Crippen molar-refractivity contribution in [2.24, 2.45) is 0 Å². The summed E-state index contributed by atoms with van der Waals surface area (Å²) in [5.41, 5.74) is 0. The fraction of sp³-hybridized carbons (Fsp3) is 0.943. The molecule has 0 aliphatic carbocycles. The smallest absolute Gasteiger partial charge is 0.550 e. The van der Waals surface area contributed by atoms with Crippen molar-refractivity contribution in [1.29, 1.82) is 0 Å². The molecular weight excluding hydrogens is 1010 g/mol. The molecule has 8 nitrogen and oxygen atoms in total. The van der Waals surface area contributed by atoms with E-state index in [2.05, 4.69) is 27.7 Å². The molecule has 0 aliphatic rings. The number of carboxylic acid groups (broad SMARTS) is 2. The molecule has 0 saturated heterocycles. The van der Waals surface area contributed by atoms with Crippen molar-refractivity contribution in [1.82, 2.24) is 0 Å². The molecule has 0 radical (unpaired) electrons. The Bertz CT molecular complexity index is 1140. The summed E-state index contributed by atoms with van der Waals surface area (Å²) in [7, 11) is 0. The van der Waals surface area contributed by atoms with Gasteiger partial charge in [-0.2, -0.15) is 0 Å². The molecule has 79 heavy (non-hydrogen) atoms. The maximum absolute atomic E-state index is 12.5. The van der Waals surface area contributed by atoms with Crippen molar-refractivity contribution >= 4 is 61.6 Å². The molecule has 0 fully saturated rings. The van der Waals surface area contributed by atoms with Crippen LogP contribution in [0.1, 0.15) is 413 Å². The van der Waals surface area contributed by atoms with Crippen LogP contribution in [0.2, 0.25) is 0 Å². The summed E-state index contributed by atoms with van der Waals surface area (Å²) in [6.45, 7) is 9.06. The molecule has 0 aromatic heterocycles. The van der Waals surface area contributed by atoms with Crippen molar-refractivity contribution in [3.63, 3.8) is 0 Å². The summed E-state index contributed by atoms with van der Waals surface area (Å²) < 4.78 is 11.9.